The van der Waals surface area contributed by atoms with Crippen LogP contribution in [0.2, 0.25) is 0 Å². The van der Waals surface area contributed by atoms with Crippen molar-refractivity contribution in [1.82, 2.24) is 4.90 Å². The lowest BCUT2D eigenvalue weighted by Crippen LogP contribution is -2.56. The lowest BCUT2D eigenvalue weighted by Gasteiger charge is -2.43. The van der Waals surface area contributed by atoms with Crippen molar-refractivity contribution in [3.63, 3.8) is 0 Å². The molecule has 0 radical (unpaired) electrons. The van der Waals surface area contributed by atoms with Crippen LogP contribution in [0.5, 0.6) is 0 Å². The molecule has 4 N–H and O–H groups in total. The minimum atomic E-state index is -0.274. The first kappa shape index (κ1) is 17.4. The van der Waals surface area contributed by atoms with Crippen LogP contribution in [-0.2, 0) is 4.79 Å². The SMILES string of the molecule is CCCCN(CC(N)=O)C(C(N)CC)C(C)(C)C. The molecule has 0 aliphatic rings. The zero-order chi connectivity index (χ0) is 14.3. The van der Waals surface area contributed by atoms with Crippen molar-refractivity contribution in [1.29, 1.82) is 0 Å². The Kier molecular flexibility index (Phi) is 7.48. The van der Waals surface area contributed by atoms with Gasteiger partial charge in [-0.15, -0.1) is 0 Å². The molecule has 0 aromatic carbocycles. The van der Waals surface area contributed by atoms with Crippen LogP contribution >= 0.6 is 0 Å². The molecule has 0 heterocycles. The molecule has 0 saturated heterocycles. The van der Waals surface area contributed by atoms with Gasteiger partial charge in [0.2, 0.25) is 5.91 Å². The molecule has 0 aromatic heterocycles. The molecule has 0 rings (SSSR count). The molecular weight excluding hydrogens is 226 g/mol. The van der Waals surface area contributed by atoms with Crippen molar-refractivity contribution in [2.45, 2.75) is 66.0 Å². The number of hydrogen-bond donors (Lipinski definition) is 2. The van der Waals surface area contributed by atoms with Crippen molar-refractivity contribution in [2.75, 3.05) is 13.1 Å². The molecule has 0 spiro atoms. The van der Waals surface area contributed by atoms with E-state index in [1.165, 1.54) is 0 Å². The third kappa shape index (κ3) is 5.83. The van der Waals surface area contributed by atoms with Gasteiger partial charge in [-0.3, -0.25) is 9.69 Å². The number of amides is 1. The van der Waals surface area contributed by atoms with Crippen molar-refractivity contribution >= 4 is 5.91 Å². The van der Waals surface area contributed by atoms with E-state index in [-0.39, 0.29) is 23.4 Å². The number of nitrogens with two attached hydrogens (primary N) is 2. The van der Waals surface area contributed by atoms with Gasteiger partial charge in [-0.1, -0.05) is 41.0 Å². The summed E-state index contributed by atoms with van der Waals surface area (Å²) in [5.74, 6) is -0.274. The van der Waals surface area contributed by atoms with Crippen LogP contribution in [0.25, 0.3) is 0 Å². The molecule has 0 aliphatic carbocycles. The first-order valence-corrected chi connectivity index (χ1v) is 7.01. The molecule has 0 fully saturated rings. The maximum atomic E-state index is 11.3. The third-order valence-corrected chi connectivity index (χ3v) is 3.32. The van der Waals surface area contributed by atoms with Crippen LogP contribution in [0.3, 0.4) is 0 Å². The van der Waals surface area contributed by atoms with Gasteiger partial charge in [0.15, 0.2) is 0 Å². The minimum Gasteiger partial charge on any atom is -0.369 e. The van der Waals surface area contributed by atoms with Gasteiger partial charge < -0.3 is 11.5 Å². The Bertz CT molecular complexity index is 248. The van der Waals surface area contributed by atoms with Gasteiger partial charge in [0, 0.05) is 12.1 Å². The van der Waals surface area contributed by atoms with E-state index in [2.05, 4.69) is 39.5 Å². The van der Waals surface area contributed by atoms with E-state index >= 15 is 0 Å². The average Bonchev–Trinajstić information content (AvgIpc) is 2.22. The predicted molar refractivity (Wildman–Crippen MR) is 77.2 cm³/mol. The van der Waals surface area contributed by atoms with E-state index < -0.39 is 0 Å². The molecule has 4 heteroatoms. The average molecular weight is 257 g/mol. The molecule has 108 valence electrons. The predicted octanol–water partition coefficient (Wildman–Crippen LogP) is 1.73. The molecule has 2 atom stereocenters. The Labute approximate surface area is 112 Å². The summed E-state index contributed by atoms with van der Waals surface area (Å²) in [5.41, 5.74) is 11.7. The second-order valence-electron chi connectivity index (χ2n) is 6.17. The van der Waals surface area contributed by atoms with Crippen molar-refractivity contribution in [3.05, 3.63) is 0 Å². The summed E-state index contributed by atoms with van der Waals surface area (Å²) in [6.07, 6.45) is 3.08. The summed E-state index contributed by atoms with van der Waals surface area (Å²) in [4.78, 5) is 13.4. The monoisotopic (exact) mass is 257 g/mol. The van der Waals surface area contributed by atoms with E-state index in [1.54, 1.807) is 0 Å². The van der Waals surface area contributed by atoms with Crippen LogP contribution in [-0.4, -0.2) is 36.0 Å². The van der Waals surface area contributed by atoms with Crippen LogP contribution in [0, 0.1) is 5.41 Å². The van der Waals surface area contributed by atoms with Gasteiger partial charge in [-0.05, 0) is 24.8 Å². The van der Waals surface area contributed by atoms with E-state index in [1.807, 2.05) is 0 Å². The summed E-state index contributed by atoms with van der Waals surface area (Å²) < 4.78 is 0. The second-order valence-corrected chi connectivity index (χ2v) is 6.17. The molecule has 4 nitrogen and oxygen atoms in total. The maximum absolute atomic E-state index is 11.3. The van der Waals surface area contributed by atoms with Crippen LogP contribution in [0.15, 0.2) is 0 Å². The largest absolute Gasteiger partial charge is 0.369 e. The van der Waals surface area contributed by atoms with Gasteiger partial charge in [0.25, 0.3) is 0 Å². The Hall–Kier alpha value is -0.610. The molecule has 1 amide bonds. The highest BCUT2D eigenvalue weighted by atomic mass is 16.1. The Morgan fingerprint density at radius 3 is 2.17 bits per heavy atom. The Morgan fingerprint density at radius 2 is 1.83 bits per heavy atom. The number of carbonyl (C=O) groups is 1. The topological polar surface area (TPSA) is 72.3 Å². The van der Waals surface area contributed by atoms with Crippen LogP contribution in [0.1, 0.15) is 53.9 Å². The standard InChI is InChI=1S/C14H31N3O/c1-6-8-9-17(10-12(16)18)13(11(15)7-2)14(3,4)5/h11,13H,6-10,15H2,1-5H3,(H2,16,18). The summed E-state index contributed by atoms with van der Waals surface area (Å²) in [7, 11) is 0. The molecule has 2 unspecified atom stereocenters. The van der Waals surface area contributed by atoms with Gasteiger partial charge in [-0.2, -0.15) is 0 Å². The highest BCUT2D eigenvalue weighted by Gasteiger charge is 2.34. The van der Waals surface area contributed by atoms with Gasteiger partial charge in [-0.25, -0.2) is 0 Å². The molecular formula is C14H31N3O. The lowest BCUT2D eigenvalue weighted by atomic mass is 9.80. The zero-order valence-corrected chi connectivity index (χ0v) is 12.7. The number of hydrogen-bond acceptors (Lipinski definition) is 3. The normalized spacial score (nSPS) is 15.7. The highest BCUT2D eigenvalue weighted by Crippen LogP contribution is 2.27. The summed E-state index contributed by atoms with van der Waals surface area (Å²) in [6.45, 7) is 11.9. The Morgan fingerprint density at radius 1 is 1.28 bits per heavy atom. The van der Waals surface area contributed by atoms with Crippen molar-refractivity contribution < 1.29 is 4.79 Å². The number of rotatable bonds is 8. The van der Waals surface area contributed by atoms with Crippen LogP contribution in [0.4, 0.5) is 0 Å². The quantitative estimate of drug-likeness (QED) is 0.695. The van der Waals surface area contributed by atoms with Crippen LogP contribution < -0.4 is 11.5 Å². The summed E-state index contributed by atoms with van der Waals surface area (Å²) in [6, 6.07) is 0.253. The molecule has 18 heavy (non-hydrogen) atoms. The number of carbonyl (C=O) groups excluding carboxylic acids is 1. The van der Waals surface area contributed by atoms with Gasteiger partial charge >= 0.3 is 0 Å². The maximum Gasteiger partial charge on any atom is 0.231 e. The molecule has 0 aromatic rings. The third-order valence-electron chi connectivity index (χ3n) is 3.32. The first-order valence-electron chi connectivity index (χ1n) is 7.01. The second kappa shape index (κ2) is 7.74. The molecule has 0 aliphatic heterocycles. The fourth-order valence-corrected chi connectivity index (χ4v) is 2.56. The first-order chi connectivity index (χ1) is 8.23. The number of primary amides is 1. The van der Waals surface area contributed by atoms with E-state index in [0.717, 1.165) is 25.8 Å². The van der Waals surface area contributed by atoms with E-state index in [9.17, 15) is 4.79 Å². The zero-order valence-electron chi connectivity index (χ0n) is 12.7. The van der Waals surface area contributed by atoms with E-state index in [4.69, 9.17) is 11.5 Å². The fraction of sp³-hybridized carbons (Fsp3) is 0.929. The molecule has 0 bridgehead atoms. The summed E-state index contributed by atoms with van der Waals surface area (Å²) >= 11 is 0. The Balaban J connectivity index is 5.00. The number of unbranched alkanes of at least 4 members (excludes halogenated alkanes) is 1. The van der Waals surface area contributed by atoms with Gasteiger partial charge in [0.05, 0.1) is 6.54 Å². The van der Waals surface area contributed by atoms with Crippen molar-refractivity contribution in [3.8, 4) is 0 Å². The number of nitrogens with zero attached hydrogens (tertiary/aromatic N) is 1. The van der Waals surface area contributed by atoms with Gasteiger partial charge in [0.1, 0.15) is 0 Å². The summed E-state index contributed by atoms with van der Waals surface area (Å²) in [5, 5.41) is 0. The fourth-order valence-electron chi connectivity index (χ4n) is 2.56. The van der Waals surface area contributed by atoms with E-state index in [0.29, 0.717) is 6.54 Å². The lowest BCUT2D eigenvalue weighted by molar-refractivity contribution is -0.120. The molecule has 0 saturated carbocycles. The smallest absolute Gasteiger partial charge is 0.231 e. The highest BCUT2D eigenvalue weighted by molar-refractivity contribution is 5.76. The van der Waals surface area contributed by atoms with Crippen molar-refractivity contribution in [2.24, 2.45) is 16.9 Å². The minimum absolute atomic E-state index is 0.0403.